The first-order valence-electron chi connectivity index (χ1n) is 27.7. The fourth-order valence-electron chi connectivity index (χ4n) is 9.94. The van der Waals surface area contributed by atoms with Gasteiger partial charge < -0.3 is 50.4 Å². The summed E-state index contributed by atoms with van der Waals surface area (Å²) in [5.74, 6) is 0.732. The standard InChI is InChI=1S/C60H77N11O8S/c1-40(64-55(74)46-12-10-13-47(34-46)67-60(24-28-70(6)29-25-60)58-66-54(68-69-58)45-22-26-61-27-23-45)43-18-20-49(21-19-43)79-33-9-7-8-30-77-31-11-32-78-38-51(73)65-53(59(3,4)5)57(76)71-37-48(72)35-50(71)56(75)62-36-42-14-16-44(17-15-42)52-41(2)63-39-80-52/h10,12-23,26-27,34,39-40,48,50,53,67,72H,7-9,11,24-25,28-33,35-38H2,1-6H3,(H,62,75)(H,64,74)(H,65,73)(H,66,68,69)/t40-,48-,50?,53-/m1/s1. The van der Waals surface area contributed by atoms with Gasteiger partial charge in [-0.3, -0.25) is 29.3 Å². The summed E-state index contributed by atoms with van der Waals surface area (Å²) in [6, 6.07) is 25.0. The number of aliphatic hydroxyl groups is 1. The zero-order valence-electron chi connectivity index (χ0n) is 46.8. The molecule has 3 aromatic heterocycles. The van der Waals surface area contributed by atoms with Crippen LogP contribution >= 0.6 is 11.3 Å². The number of carbonyl (C=O) groups excluding carboxylic acids is 4. The number of hydrogen-bond donors (Lipinski definition) is 6. The van der Waals surface area contributed by atoms with Gasteiger partial charge in [-0.25, -0.2) is 9.97 Å². The third-order valence-electron chi connectivity index (χ3n) is 14.7. The highest BCUT2D eigenvalue weighted by Crippen LogP contribution is 2.36. The molecule has 6 aromatic rings. The molecule has 0 aliphatic carbocycles. The molecule has 4 atom stereocenters. The third-order valence-corrected chi connectivity index (χ3v) is 15.7. The smallest absolute Gasteiger partial charge is 0.251 e. The van der Waals surface area contributed by atoms with E-state index in [-0.39, 0.29) is 44.0 Å². The number of ether oxygens (including phenoxy) is 3. The number of aromatic amines is 1. The first-order chi connectivity index (χ1) is 38.5. The summed E-state index contributed by atoms with van der Waals surface area (Å²) < 4.78 is 17.5. The number of nitrogens with one attached hydrogen (secondary N) is 5. The molecule has 0 spiro atoms. The zero-order chi connectivity index (χ0) is 56.7. The van der Waals surface area contributed by atoms with Crippen LogP contribution in [0.1, 0.15) is 112 Å². The second kappa shape index (κ2) is 27.9. The van der Waals surface area contributed by atoms with E-state index in [1.165, 1.54) is 4.90 Å². The quantitative estimate of drug-likeness (QED) is 0.0287. The van der Waals surface area contributed by atoms with Crippen molar-refractivity contribution in [2.45, 2.75) is 116 Å². The molecule has 2 saturated heterocycles. The normalized spacial score (nSPS) is 17.1. The molecule has 0 radical (unpaired) electrons. The number of amides is 4. The highest BCUT2D eigenvalue weighted by atomic mass is 32.1. The first-order valence-corrected chi connectivity index (χ1v) is 28.6. The number of aromatic nitrogens is 5. The number of β-amino-alcohol motifs (C(OH)–C–C–N with tert-alkyl or cyclic N) is 1. The number of rotatable bonds is 26. The number of anilines is 1. The number of piperidine rings is 1. The van der Waals surface area contributed by atoms with Crippen molar-refractivity contribution in [3.05, 3.63) is 131 Å². The van der Waals surface area contributed by atoms with Crippen LogP contribution in [-0.4, -0.2) is 142 Å². The summed E-state index contributed by atoms with van der Waals surface area (Å²) in [5, 5.41) is 31.0. The SMILES string of the molecule is Cc1ncsc1-c1ccc(CNC(=O)C2C[C@@H](O)CN2C(=O)[C@@H](NC(=O)COCCCOCCCCCOc2ccc([C@@H](C)NC(=O)c3cccc(NC4(c5nc(-c6ccncc6)n[nH]5)CCN(C)CC4)c3)cc2)C(C)(C)C)cc1. The number of aryl methyl sites for hydroxylation is 1. The Labute approximate surface area is 473 Å². The molecule has 20 heteroatoms. The fraction of sp³-hybridized carbons (Fsp3) is 0.467. The molecule has 0 bridgehead atoms. The molecule has 19 nitrogen and oxygen atoms in total. The number of pyridine rings is 1. The van der Waals surface area contributed by atoms with Crippen LogP contribution in [0.5, 0.6) is 5.75 Å². The van der Waals surface area contributed by atoms with Crippen molar-refractivity contribution in [2.24, 2.45) is 5.41 Å². The third kappa shape index (κ3) is 16.1. The van der Waals surface area contributed by atoms with Gasteiger partial charge >= 0.3 is 0 Å². The Morgan fingerprint density at radius 1 is 0.875 bits per heavy atom. The minimum Gasteiger partial charge on any atom is -0.494 e. The van der Waals surface area contributed by atoms with Gasteiger partial charge in [0.05, 0.1) is 40.4 Å². The maximum atomic E-state index is 14.0. The molecule has 0 saturated carbocycles. The zero-order valence-corrected chi connectivity index (χ0v) is 47.7. The van der Waals surface area contributed by atoms with Crippen LogP contribution in [0.3, 0.4) is 0 Å². The molecule has 80 heavy (non-hydrogen) atoms. The van der Waals surface area contributed by atoms with E-state index in [2.05, 4.69) is 53.4 Å². The molecular weight excluding hydrogens is 1030 g/mol. The fourth-order valence-corrected chi connectivity index (χ4v) is 10.8. The van der Waals surface area contributed by atoms with Gasteiger partial charge in [0.2, 0.25) is 17.7 Å². The Hall–Kier alpha value is -7.10. The highest BCUT2D eigenvalue weighted by Gasteiger charge is 2.45. The van der Waals surface area contributed by atoms with Crippen molar-refractivity contribution >= 4 is 40.7 Å². The van der Waals surface area contributed by atoms with Crippen LogP contribution in [0.25, 0.3) is 21.8 Å². The number of thiazole rings is 1. The maximum Gasteiger partial charge on any atom is 0.251 e. The molecule has 1 unspecified atom stereocenters. The van der Waals surface area contributed by atoms with E-state index in [9.17, 15) is 24.3 Å². The van der Waals surface area contributed by atoms with E-state index in [0.29, 0.717) is 44.2 Å². The summed E-state index contributed by atoms with van der Waals surface area (Å²) in [6.07, 6.45) is 7.58. The Morgan fingerprint density at radius 3 is 2.33 bits per heavy atom. The van der Waals surface area contributed by atoms with Crippen molar-refractivity contribution in [3.8, 4) is 27.6 Å². The summed E-state index contributed by atoms with van der Waals surface area (Å²) >= 11 is 1.57. The van der Waals surface area contributed by atoms with E-state index < -0.39 is 41.0 Å². The van der Waals surface area contributed by atoms with Crippen LogP contribution in [0.15, 0.2) is 103 Å². The average Bonchev–Trinajstić information content (AvgIpc) is 4.28. The Morgan fingerprint density at radius 2 is 1.60 bits per heavy atom. The number of likely N-dealkylation sites (tertiary alicyclic amines) is 2. The van der Waals surface area contributed by atoms with Crippen molar-refractivity contribution < 1.29 is 38.5 Å². The lowest BCUT2D eigenvalue weighted by atomic mass is 9.85. The summed E-state index contributed by atoms with van der Waals surface area (Å²) in [5.41, 5.74) is 6.79. The van der Waals surface area contributed by atoms with Crippen LogP contribution < -0.4 is 26.0 Å². The molecule has 6 N–H and O–H groups in total. The number of aliphatic hydroxyl groups excluding tert-OH is 1. The van der Waals surface area contributed by atoms with Crippen LogP contribution in [-0.2, 0) is 35.9 Å². The van der Waals surface area contributed by atoms with E-state index in [1.807, 2.05) is 125 Å². The maximum absolute atomic E-state index is 14.0. The van der Waals surface area contributed by atoms with Crippen molar-refractivity contribution in [3.63, 3.8) is 0 Å². The average molecular weight is 1110 g/mol. The predicted octanol–water partition coefficient (Wildman–Crippen LogP) is 7.60. The Bertz CT molecular complexity index is 2960. The Kier molecular flexibility index (Phi) is 20.6. The molecular formula is C60H77N11O8S. The molecule has 8 rings (SSSR count). The van der Waals surface area contributed by atoms with E-state index in [4.69, 9.17) is 19.2 Å². The van der Waals surface area contributed by atoms with Crippen LogP contribution in [0.4, 0.5) is 5.69 Å². The van der Waals surface area contributed by atoms with Gasteiger partial charge in [0.1, 0.15) is 24.4 Å². The van der Waals surface area contributed by atoms with Gasteiger partial charge in [0, 0.05) is 81.6 Å². The van der Waals surface area contributed by atoms with E-state index >= 15 is 0 Å². The number of H-pyrrole nitrogens is 1. The molecule has 5 heterocycles. The highest BCUT2D eigenvalue weighted by molar-refractivity contribution is 7.13. The minimum atomic E-state index is -0.948. The topological polar surface area (TPSA) is 238 Å². The second-order valence-electron chi connectivity index (χ2n) is 22.0. The largest absolute Gasteiger partial charge is 0.494 e. The first kappa shape index (κ1) is 59.0. The van der Waals surface area contributed by atoms with Gasteiger partial charge in [0.25, 0.3) is 5.91 Å². The molecule has 4 amide bonds. The van der Waals surface area contributed by atoms with Gasteiger partial charge in [-0.05, 0) is 124 Å². The molecule has 2 aliphatic heterocycles. The minimum absolute atomic E-state index is 0.00772. The van der Waals surface area contributed by atoms with Gasteiger partial charge in [-0.2, -0.15) is 5.10 Å². The number of hydrogen-bond acceptors (Lipinski definition) is 15. The summed E-state index contributed by atoms with van der Waals surface area (Å²) in [6.45, 7) is 13.2. The van der Waals surface area contributed by atoms with Gasteiger partial charge in [-0.15, -0.1) is 11.3 Å². The van der Waals surface area contributed by atoms with E-state index in [1.54, 1.807) is 23.7 Å². The van der Waals surface area contributed by atoms with Gasteiger partial charge in [0.15, 0.2) is 11.6 Å². The monoisotopic (exact) mass is 1110 g/mol. The number of nitrogens with zero attached hydrogens (tertiary/aromatic N) is 6. The Balaban J connectivity index is 0.681. The number of carbonyl (C=O) groups is 4. The lowest BCUT2D eigenvalue weighted by molar-refractivity contribution is -0.144. The van der Waals surface area contributed by atoms with Gasteiger partial charge in [-0.1, -0.05) is 63.2 Å². The predicted molar refractivity (Wildman–Crippen MR) is 308 cm³/mol. The van der Waals surface area contributed by atoms with Crippen molar-refractivity contribution in [1.29, 1.82) is 0 Å². The molecule has 426 valence electrons. The second-order valence-corrected chi connectivity index (χ2v) is 22.8. The summed E-state index contributed by atoms with van der Waals surface area (Å²) in [4.78, 5) is 72.2. The van der Waals surface area contributed by atoms with E-state index in [0.717, 1.165) is 95.3 Å². The lowest BCUT2D eigenvalue weighted by Gasteiger charge is -2.40. The number of unbranched alkanes of at least 4 members (excludes halogenated alkanes) is 2. The van der Waals surface area contributed by atoms with Crippen molar-refractivity contribution in [2.75, 3.05) is 65.0 Å². The molecule has 2 aliphatic rings. The lowest BCUT2D eigenvalue weighted by Crippen LogP contribution is -2.58. The van der Waals surface area contributed by atoms with Crippen LogP contribution in [0.2, 0.25) is 0 Å². The molecule has 2 fully saturated rings. The van der Waals surface area contributed by atoms with Crippen LogP contribution in [0, 0.1) is 12.3 Å². The molecule has 3 aromatic carbocycles. The van der Waals surface area contributed by atoms with Crippen molar-refractivity contribution in [1.82, 2.24) is 50.9 Å². The summed E-state index contributed by atoms with van der Waals surface area (Å²) in [7, 11) is 2.12. The number of benzene rings is 3.